The molecule has 3 heterocycles. The number of nitrogens with zero attached hydrogens (tertiary/aromatic N) is 4. The van der Waals surface area contributed by atoms with E-state index in [1.807, 2.05) is 28.8 Å². The number of hydrogen-bond acceptors (Lipinski definition) is 4. The summed E-state index contributed by atoms with van der Waals surface area (Å²) in [6, 6.07) is 8.85. The van der Waals surface area contributed by atoms with E-state index in [0.29, 0.717) is 23.7 Å². The first-order chi connectivity index (χ1) is 10.2. The highest BCUT2D eigenvalue weighted by atomic mass is 35.5. The minimum absolute atomic E-state index is 0.258. The van der Waals surface area contributed by atoms with Crippen LogP contribution in [0.5, 0.6) is 0 Å². The number of rotatable bonds is 4. The molecule has 0 spiro atoms. The number of halogens is 1. The highest BCUT2D eigenvalue weighted by molar-refractivity contribution is 6.30. The van der Waals surface area contributed by atoms with Crippen molar-refractivity contribution < 1.29 is 4.79 Å². The SMILES string of the molecule is O=C(NCCc1nnc2ccccn12)c1cc(Cl)ccn1. The van der Waals surface area contributed by atoms with E-state index in [9.17, 15) is 4.79 Å². The van der Waals surface area contributed by atoms with Crippen LogP contribution in [-0.4, -0.2) is 32.0 Å². The number of pyridine rings is 2. The molecular formula is C14H12ClN5O. The zero-order valence-electron chi connectivity index (χ0n) is 11.0. The first-order valence-corrected chi connectivity index (χ1v) is 6.80. The summed E-state index contributed by atoms with van der Waals surface area (Å²) in [5, 5.41) is 11.4. The monoisotopic (exact) mass is 301 g/mol. The normalized spacial score (nSPS) is 10.7. The first kappa shape index (κ1) is 13.5. The van der Waals surface area contributed by atoms with Gasteiger partial charge in [0.2, 0.25) is 0 Å². The van der Waals surface area contributed by atoms with E-state index in [-0.39, 0.29) is 5.91 Å². The fraction of sp³-hybridized carbons (Fsp3) is 0.143. The average Bonchev–Trinajstić information content (AvgIpc) is 2.91. The molecule has 0 aliphatic rings. The predicted octanol–water partition coefficient (Wildman–Crippen LogP) is 1.75. The van der Waals surface area contributed by atoms with Crippen molar-refractivity contribution in [3.63, 3.8) is 0 Å². The Morgan fingerprint density at radius 1 is 1.29 bits per heavy atom. The minimum Gasteiger partial charge on any atom is -0.350 e. The lowest BCUT2D eigenvalue weighted by Gasteiger charge is -2.04. The summed E-state index contributed by atoms with van der Waals surface area (Å²) in [6.45, 7) is 0.447. The average molecular weight is 302 g/mol. The highest BCUT2D eigenvalue weighted by Gasteiger charge is 2.08. The van der Waals surface area contributed by atoms with Gasteiger partial charge in [-0.1, -0.05) is 17.7 Å². The molecule has 0 aliphatic carbocycles. The van der Waals surface area contributed by atoms with Crippen LogP contribution in [-0.2, 0) is 6.42 Å². The maximum absolute atomic E-state index is 11.9. The van der Waals surface area contributed by atoms with Gasteiger partial charge in [-0.05, 0) is 24.3 Å². The Labute approximate surface area is 125 Å². The van der Waals surface area contributed by atoms with Crippen LogP contribution in [0.4, 0.5) is 0 Å². The molecule has 21 heavy (non-hydrogen) atoms. The van der Waals surface area contributed by atoms with Gasteiger partial charge in [-0.25, -0.2) is 0 Å². The summed E-state index contributed by atoms with van der Waals surface area (Å²) in [7, 11) is 0. The third-order valence-corrected chi connectivity index (χ3v) is 3.21. The predicted molar refractivity (Wildman–Crippen MR) is 78.3 cm³/mol. The molecule has 6 nitrogen and oxygen atoms in total. The second-order valence-electron chi connectivity index (χ2n) is 4.41. The molecule has 3 rings (SSSR count). The van der Waals surface area contributed by atoms with E-state index in [4.69, 9.17) is 11.6 Å². The third kappa shape index (κ3) is 3.00. The van der Waals surface area contributed by atoms with Gasteiger partial charge < -0.3 is 5.32 Å². The van der Waals surface area contributed by atoms with Crippen molar-refractivity contribution in [1.82, 2.24) is 24.9 Å². The van der Waals surface area contributed by atoms with E-state index in [2.05, 4.69) is 20.5 Å². The van der Waals surface area contributed by atoms with E-state index in [0.717, 1.165) is 11.5 Å². The molecule has 3 aromatic rings. The zero-order valence-corrected chi connectivity index (χ0v) is 11.8. The van der Waals surface area contributed by atoms with Gasteiger partial charge in [0.15, 0.2) is 5.65 Å². The van der Waals surface area contributed by atoms with Gasteiger partial charge in [0.1, 0.15) is 11.5 Å². The first-order valence-electron chi connectivity index (χ1n) is 6.42. The molecule has 0 saturated carbocycles. The quantitative estimate of drug-likeness (QED) is 0.797. The van der Waals surface area contributed by atoms with Crippen LogP contribution in [0.3, 0.4) is 0 Å². The molecule has 0 saturated heterocycles. The van der Waals surface area contributed by atoms with Crippen molar-refractivity contribution >= 4 is 23.2 Å². The smallest absolute Gasteiger partial charge is 0.269 e. The fourth-order valence-electron chi connectivity index (χ4n) is 1.97. The Bertz CT molecular complexity index is 786. The van der Waals surface area contributed by atoms with Gasteiger partial charge >= 0.3 is 0 Å². The molecule has 0 unspecified atom stereocenters. The third-order valence-electron chi connectivity index (χ3n) is 2.97. The number of carbonyl (C=O) groups is 1. The Morgan fingerprint density at radius 2 is 2.19 bits per heavy atom. The summed E-state index contributed by atoms with van der Waals surface area (Å²) in [4.78, 5) is 15.9. The van der Waals surface area contributed by atoms with Gasteiger partial charge in [-0.15, -0.1) is 10.2 Å². The largest absolute Gasteiger partial charge is 0.350 e. The number of aromatic nitrogens is 4. The molecule has 106 valence electrons. The number of hydrogen-bond donors (Lipinski definition) is 1. The van der Waals surface area contributed by atoms with Crippen LogP contribution in [0.2, 0.25) is 5.02 Å². The Balaban J connectivity index is 1.62. The van der Waals surface area contributed by atoms with Crippen molar-refractivity contribution in [2.45, 2.75) is 6.42 Å². The van der Waals surface area contributed by atoms with Crippen LogP contribution in [0, 0.1) is 0 Å². The summed E-state index contributed by atoms with van der Waals surface area (Å²) in [5.74, 6) is 0.538. The van der Waals surface area contributed by atoms with Crippen molar-refractivity contribution in [2.75, 3.05) is 6.54 Å². The van der Waals surface area contributed by atoms with Gasteiger partial charge in [0.05, 0.1) is 0 Å². The maximum Gasteiger partial charge on any atom is 0.269 e. The molecule has 0 radical (unpaired) electrons. The molecule has 0 fully saturated rings. The molecule has 0 atom stereocenters. The Hall–Kier alpha value is -2.47. The lowest BCUT2D eigenvalue weighted by Crippen LogP contribution is -2.26. The molecular weight excluding hydrogens is 290 g/mol. The van der Waals surface area contributed by atoms with Crippen LogP contribution in [0.15, 0.2) is 42.7 Å². The molecule has 0 aromatic carbocycles. The maximum atomic E-state index is 11.9. The van der Waals surface area contributed by atoms with Crippen molar-refractivity contribution in [3.8, 4) is 0 Å². The molecule has 3 aromatic heterocycles. The van der Waals surface area contributed by atoms with Crippen LogP contribution < -0.4 is 5.32 Å². The van der Waals surface area contributed by atoms with Crippen molar-refractivity contribution in [1.29, 1.82) is 0 Å². The van der Waals surface area contributed by atoms with Gasteiger partial charge in [0.25, 0.3) is 5.91 Å². The number of nitrogens with one attached hydrogen (secondary N) is 1. The molecule has 1 amide bonds. The minimum atomic E-state index is -0.258. The second-order valence-corrected chi connectivity index (χ2v) is 4.85. The fourth-order valence-corrected chi connectivity index (χ4v) is 2.13. The van der Waals surface area contributed by atoms with Crippen molar-refractivity contribution in [3.05, 3.63) is 59.3 Å². The standard InChI is InChI=1S/C14H12ClN5O/c15-10-4-6-16-11(9-10)14(21)17-7-5-13-19-18-12-3-1-2-8-20(12)13/h1-4,6,8-9H,5,7H2,(H,17,21). The van der Waals surface area contributed by atoms with Crippen LogP contribution in [0.1, 0.15) is 16.3 Å². The van der Waals surface area contributed by atoms with E-state index in [1.54, 1.807) is 6.07 Å². The molecule has 7 heteroatoms. The van der Waals surface area contributed by atoms with Gasteiger partial charge in [-0.3, -0.25) is 14.2 Å². The summed E-state index contributed by atoms with van der Waals surface area (Å²) < 4.78 is 1.89. The number of carbonyl (C=O) groups excluding carboxylic acids is 1. The zero-order chi connectivity index (χ0) is 14.7. The molecule has 0 bridgehead atoms. The topological polar surface area (TPSA) is 72.2 Å². The van der Waals surface area contributed by atoms with E-state index >= 15 is 0 Å². The van der Waals surface area contributed by atoms with Crippen molar-refractivity contribution in [2.24, 2.45) is 0 Å². The summed E-state index contributed by atoms with van der Waals surface area (Å²) in [5.41, 5.74) is 1.09. The Kier molecular flexibility index (Phi) is 3.79. The van der Waals surface area contributed by atoms with Gasteiger partial charge in [0, 0.05) is 30.4 Å². The summed E-state index contributed by atoms with van der Waals surface area (Å²) in [6.07, 6.45) is 3.98. The number of amides is 1. The lowest BCUT2D eigenvalue weighted by atomic mass is 10.3. The van der Waals surface area contributed by atoms with Crippen LogP contribution in [0.25, 0.3) is 5.65 Å². The molecule has 0 aliphatic heterocycles. The van der Waals surface area contributed by atoms with Gasteiger partial charge in [-0.2, -0.15) is 0 Å². The number of fused-ring (bicyclic) bond motifs is 1. The van der Waals surface area contributed by atoms with E-state index < -0.39 is 0 Å². The second kappa shape index (κ2) is 5.88. The highest BCUT2D eigenvalue weighted by Crippen LogP contribution is 2.08. The molecule has 1 N–H and O–H groups in total. The summed E-state index contributed by atoms with van der Waals surface area (Å²) >= 11 is 5.83. The lowest BCUT2D eigenvalue weighted by molar-refractivity contribution is 0.0949. The Morgan fingerprint density at radius 3 is 3.05 bits per heavy atom. The van der Waals surface area contributed by atoms with Crippen LogP contribution >= 0.6 is 11.6 Å². The van der Waals surface area contributed by atoms with E-state index in [1.165, 1.54) is 12.3 Å².